The molecule has 0 fully saturated rings. The molecule has 0 aliphatic rings. The lowest BCUT2D eigenvalue weighted by Crippen LogP contribution is -2.12. The Bertz CT molecular complexity index is 678. The fourth-order valence-electron chi connectivity index (χ4n) is 2.11. The van der Waals surface area contributed by atoms with E-state index in [0.29, 0.717) is 21.9 Å². The van der Waals surface area contributed by atoms with Gasteiger partial charge in [-0.15, -0.1) is 0 Å². The molecule has 0 heterocycles. The van der Waals surface area contributed by atoms with E-state index < -0.39 is 5.82 Å². The Hall–Kier alpha value is -2.07. The minimum atomic E-state index is -0.438. The van der Waals surface area contributed by atoms with Crippen LogP contribution in [0.1, 0.15) is 22.3 Å². The van der Waals surface area contributed by atoms with Gasteiger partial charge in [-0.3, -0.25) is 5.41 Å². The molecule has 2 rings (SSSR count). The highest BCUT2D eigenvalue weighted by molar-refractivity contribution is 6.30. The number of nitrogen functional groups attached to an aromatic ring is 1. The van der Waals surface area contributed by atoms with Gasteiger partial charge in [0.15, 0.2) is 0 Å². The Morgan fingerprint density at radius 3 is 2.38 bits per heavy atom. The van der Waals surface area contributed by atoms with Crippen LogP contribution in [0.2, 0.25) is 5.02 Å². The molecule has 2 aromatic rings. The molecule has 3 N–H and O–H groups in total. The van der Waals surface area contributed by atoms with E-state index >= 15 is 0 Å². The fourth-order valence-corrected chi connectivity index (χ4v) is 2.43. The van der Waals surface area contributed by atoms with Crippen LogP contribution in [0.5, 0.6) is 5.75 Å². The molecule has 5 heteroatoms. The molecule has 0 aliphatic carbocycles. The van der Waals surface area contributed by atoms with Crippen molar-refractivity contribution in [3.63, 3.8) is 0 Å². The summed E-state index contributed by atoms with van der Waals surface area (Å²) in [4.78, 5) is 0. The summed E-state index contributed by atoms with van der Waals surface area (Å²) >= 11 is 5.96. The van der Waals surface area contributed by atoms with Crippen molar-refractivity contribution in [3.8, 4) is 5.75 Å². The number of halogens is 2. The minimum Gasteiger partial charge on any atom is -0.488 e. The van der Waals surface area contributed by atoms with Gasteiger partial charge in [0, 0.05) is 16.1 Å². The first-order chi connectivity index (χ1) is 9.88. The number of hydrogen-bond acceptors (Lipinski definition) is 2. The van der Waals surface area contributed by atoms with Crippen LogP contribution in [0.3, 0.4) is 0 Å². The average molecular weight is 307 g/mol. The van der Waals surface area contributed by atoms with Crippen molar-refractivity contribution in [1.82, 2.24) is 0 Å². The summed E-state index contributed by atoms with van der Waals surface area (Å²) in [7, 11) is 0. The second kappa shape index (κ2) is 6.14. The highest BCUT2D eigenvalue weighted by atomic mass is 35.5. The number of aryl methyl sites for hydroxylation is 2. The van der Waals surface area contributed by atoms with Gasteiger partial charge < -0.3 is 10.5 Å². The lowest BCUT2D eigenvalue weighted by Gasteiger charge is -2.13. The zero-order chi connectivity index (χ0) is 15.6. The van der Waals surface area contributed by atoms with Crippen LogP contribution in [0.4, 0.5) is 4.39 Å². The molecule has 110 valence electrons. The average Bonchev–Trinajstić information content (AvgIpc) is 2.38. The van der Waals surface area contributed by atoms with E-state index in [4.69, 9.17) is 27.5 Å². The van der Waals surface area contributed by atoms with E-state index in [2.05, 4.69) is 0 Å². The SMILES string of the molecule is Cc1cc(Cl)cc(C)c1OCc1ccc(C(=N)N)cc1F. The number of hydrogen-bond donors (Lipinski definition) is 2. The van der Waals surface area contributed by atoms with Gasteiger partial charge in [0.2, 0.25) is 0 Å². The van der Waals surface area contributed by atoms with E-state index in [9.17, 15) is 4.39 Å². The van der Waals surface area contributed by atoms with E-state index in [1.54, 1.807) is 24.3 Å². The van der Waals surface area contributed by atoms with Crippen molar-refractivity contribution in [2.45, 2.75) is 20.5 Å². The van der Waals surface area contributed by atoms with E-state index in [1.807, 2.05) is 13.8 Å². The normalized spacial score (nSPS) is 10.5. The van der Waals surface area contributed by atoms with Gasteiger partial charge in [-0.1, -0.05) is 23.7 Å². The minimum absolute atomic E-state index is 0.104. The quantitative estimate of drug-likeness (QED) is 0.663. The molecule has 3 nitrogen and oxygen atoms in total. The van der Waals surface area contributed by atoms with Gasteiger partial charge in [0.25, 0.3) is 0 Å². The maximum absolute atomic E-state index is 13.9. The summed E-state index contributed by atoms with van der Waals surface area (Å²) in [5.74, 6) is 0.104. The summed E-state index contributed by atoms with van der Waals surface area (Å²) in [5, 5.41) is 7.93. The Morgan fingerprint density at radius 1 is 1.24 bits per heavy atom. The second-order valence-electron chi connectivity index (χ2n) is 4.88. The van der Waals surface area contributed by atoms with Crippen LogP contribution in [0, 0.1) is 25.1 Å². The third kappa shape index (κ3) is 3.52. The number of amidine groups is 1. The molecule has 0 amide bonds. The second-order valence-corrected chi connectivity index (χ2v) is 5.31. The lowest BCUT2D eigenvalue weighted by molar-refractivity contribution is 0.296. The van der Waals surface area contributed by atoms with E-state index in [0.717, 1.165) is 11.1 Å². The fraction of sp³-hybridized carbons (Fsp3) is 0.188. The Morgan fingerprint density at radius 2 is 1.86 bits per heavy atom. The Labute approximate surface area is 128 Å². The predicted octanol–water partition coefficient (Wildman–Crippen LogP) is 3.96. The largest absolute Gasteiger partial charge is 0.488 e. The molecule has 0 saturated carbocycles. The highest BCUT2D eigenvalue weighted by Crippen LogP contribution is 2.28. The van der Waals surface area contributed by atoms with Crippen LogP contribution in [0.15, 0.2) is 30.3 Å². The van der Waals surface area contributed by atoms with Crippen molar-refractivity contribution in [2.24, 2.45) is 5.73 Å². The molecule has 0 atom stereocenters. The van der Waals surface area contributed by atoms with Crippen LogP contribution < -0.4 is 10.5 Å². The highest BCUT2D eigenvalue weighted by Gasteiger charge is 2.09. The summed E-state index contributed by atoms with van der Waals surface area (Å²) in [5.41, 5.74) is 7.90. The standard InChI is InChI=1S/C16H16ClFN2O/c1-9-5-13(17)6-10(2)15(9)21-8-12-4-3-11(16(19)20)7-14(12)18/h3-7H,8H2,1-2H3,(H3,19,20). The topological polar surface area (TPSA) is 59.1 Å². The molecular weight excluding hydrogens is 291 g/mol. The lowest BCUT2D eigenvalue weighted by atomic mass is 10.1. The first kappa shape index (κ1) is 15.3. The molecule has 0 unspecified atom stereocenters. The zero-order valence-corrected chi connectivity index (χ0v) is 12.6. The molecule has 0 bridgehead atoms. The molecule has 0 radical (unpaired) electrons. The van der Waals surface area contributed by atoms with Crippen molar-refractivity contribution in [3.05, 3.63) is 63.4 Å². The Balaban J connectivity index is 2.19. The van der Waals surface area contributed by atoms with Crippen molar-refractivity contribution in [1.29, 1.82) is 5.41 Å². The number of nitrogens with one attached hydrogen (secondary N) is 1. The Kier molecular flexibility index (Phi) is 4.48. The van der Waals surface area contributed by atoms with Crippen LogP contribution >= 0.6 is 11.6 Å². The first-order valence-corrected chi connectivity index (χ1v) is 6.78. The molecule has 0 saturated heterocycles. The van der Waals surface area contributed by atoms with Gasteiger partial charge in [-0.2, -0.15) is 0 Å². The maximum Gasteiger partial charge on any atom is 0.130 e. The summed E-state index contributed by atoms with van der Waals surface area (Å²) in [6, 6.07) is 8.03. The van der Waals surface area contributed by atoms with Gasteiger partial charge in [0.1, 0.15) is 24.0 Å². The predicted molar refractivity (Wildman–Crippen MR) is 82.7 cm³/mol. The van der Waals surface area contributed by atoms with Gasteiger partial charge in [-0.05, 0) is 43.2 Å². The summed E-state index contributed by atoms with van der Waals surface area (Å²) < 4.78 is 19.6. The maximum atomic E-state index is 13.9. The third-order valence-corrected chi connectivity index (χ3v) is 3.38. The van der Waals surface area contributed by atoms with Crippen molar-refractivity contribution in [2.75, 3.05) is 0 Å². The molecule has 2 aromatic carbocycles. The van der Waals surface area contributed by atoms with E-state index in [1.165, 1.54) is 6.07 Å². The van der Waals surface area contributed by atoms with Gasteiger partial charge in [-0.25, -0.2) is 4.39 Å². The van der Waals surface area contributed by atoms with Crippen LogP contribution in [-0.4, -0.2) is 5.84 Å². The number of nitrogens with two attached hydrogens (primary N) is 1. The summed E-state index contributed by atoms with van der Waals surface area (Å²) in [6.45, 7) is 3.89. The molecule has 21 heavy (non-hydrogen) atoms. The monoisotopic (exact) mass is 306 g/mol. The molecular formula is C16H16ClFN2O. The van der Waals surface area contributed by atoms with Gasteiger partial charge >= 0.3 is 0 Å². The van der Waals surface area contributed by atoms with Crippen molar-refractivity contribution >= 4 is 17.4 Å². The van der Waals surface area contributed by atoms with Gasteiger partial charge in [0.05, 0.1) is 0 Å². The summed E-state index contributed by atoms with van der Waals surface area (Å²) in [6.07, 6.45) is 0. The number of benzene rings is 2. The third-order valence-electron chi connectivity index (χ3n) is 3.16. The number of rotatable bonds is 4. The van der Waals surface area contributed by atoms with E-state index in [-0.39, 0.29) is 12.4 Å². The molecule has 0 aliphatic heterocycles. The number of ether oxygens (including phenoxy) is 1. The van der Waals surface area contributed by atoms with Crippen molar-refractivity contribution < 1.29 is 9.13 Å². The zero-order valence-electron chi connectivity index (χ0n) is 11.8. The van der Waals surface area contributed by atoms with Crippen LogP contribution in [0.25, 0.3) is 0 Å². The molecule has 0 spiro atoms. The van der Waals surface area contributed by atoms with Crippen LogP contribution in [-0.2, 0) is 6.61 Å². The first-order valence-electron chi connectivity index (χ1n) is 6.41. The smallest absolute Gasteiger partial charge is 0.130 e. The molecule has 0 aromatic heterocycles.